The van der Waals surface area contributed by atoms with E-state index >= 15 is 0 Å². The summed E-state index contributed by atoms with van der Waals surface area (Å²) < 4.78 is 7.46. The summed E-state index contributed by atoms with van der Waals surface area (Å²) in [5.74, 6) is -0.303. The van der Waals surface area contributed by atoms with E-state index in [4.69, 9.17) is 4.74 Å². The molecular formula is C9H13IN2O2. The van der Waals surface area contributed by atoms with E-state index in [0.717, 1.165) is 3.57 Å². The van der Waals surface area contributed by atoms with Crippen molar-refractivity contribution in [2.45, 2.75) is 26.8 Å². The molecule has 0 aliphatic heterocycles. The van der Waals surface area contributed by atoms with Crippen LogP contribution in [0.5, 0.6) is 0 Å². The number of hydrogen-bond donors (Lipinski definition) is 0. The van der Waals surface area contributed by atoms with Crippen LogP contribution in [0, 0.1) is 3.57 Å². The number of halogens is 1. The second-order valence-corrected chi connectivity index (χ2v) is 4.26. The van der Waals surface area contributed by atoms with Gasteiger partial charge in [-0.2, -0.15) is 5.10 Å². The van der Waals surface area contributed by atoms with Crippen molar-refractivity contribution in [3.8, 4) is 0 Å². The molecule has 1 aromatic heterocycles. The number of hydrogen-bond acceptors (Lipinski definition) is 3. The molecule has 0 aromatic carbocycles. The van der Waals surface area contributed by atoms with E-state index < -0.39 is 0 Å². The number of ether oxygens (including phenoxy) is 1. The Hall–Kier alpha value is -0.590. The van der Waals surface area contributed by atoms with Crippen LogP contribution in [-0.2, 0) is 4.74 Å². The zero-order chi connectivity index (χ0) is 10.7. The molecule has 0 saturated carbocycles. The van der Waals surface area contributed by atoms with E-state index in [1.54, 1.807) is 17.8 Å². The molecule has 0 fully saturated rings. The highest BCUT2D eigenvalue weighted by atomic mass is 127. The summed E-state index contributed by atoms with van der Waals surface area (Å²) in [7, 11) is 0. The van der Waals surface area contributed by atoms with E-state index in [9.17, 15) is 4.79 Å². The van der Waals surface area contributed by atoms with Gasteiger partial charge in [-0.3, -0.25) is 4.68 Å². The van der Waals surface area contributed by atoms with E-state index in [1.165, 1.54) is 0 Å². The van der Waals surface area contributed by atoms with E-state index in [-0.39, 0.29) is 12.0 Å². The largest absolute Gasteiger partial charge is 0.461 e. The number of rotatable bonds is 3. The molecule has 0 atom stereocenters. The monoisotopic (exact) mass is 308 g/mol. The highest BCUT2D eigenvalue weighted by molar-refractivity contribution is 14.1. The van der Waals surface area contributed by atoms with Gasteiger partial charge in [0, 0.05) is 6.04 Å². The van der Waals surface area contributed by atoms with Crippen LogP contribution in [0.1, 0.15) is 37.3 Å². The molecule has 0 saturated heterocycles. The minimum atomic E-state index is -0.303. The Morgan fingerprint density at radius 1 is 1.71 bits per heavy atom. The SMILES string of the molecule is CCOC(=O)c1c(I)cnn1C(C)C. The van der Waals surface area contributed by atoms with Gasteiger partial charge < -0.3 is 4.74 Å². The van der Waals surface area contributed by atoms with Crippen molar-refractivity contribution in [3.63, 3.8) is 0 Å². The van der Waals surface area contributed by atoms with Crippen molar-refractivity contribution in [2.24, 2.45) is 0 Å². The van der Waals surface area contributed by atoms with Crippen LogP contribution in [-0.4, -0.2) is 22.4 Å². The summed E-state index contributed by atoms with van der Waals surface area (Å²) in [5.41, 5.74) is 0.544. The average molecular weight is 308 g/mol. The first-order valence-corrected chi connectivity index (χ1v) is 5.56. The lowest BCUT2D eigenvalue weighted by Gasteiger charge is -2.10. The van der Waals surface area contributed by atoms with Crippen LogP contribution in [0.4, 0.5) is 0 Å². The summed E-state index contributed by atoms with van der Waals surface area (Å²) in [6, 6.07) is 0.165. The van der Waals surface area contributed by atoms with E-state index in [1.807, 2.05) is 13.8 Å². The summed E-state index contributed by atoms with van der Waals surface area (Å²) in [6.07, 6.45) is 1.67. The molecule has 5 heteroatoms. The minimum Gasteiger partial charge on any atom is -0.461 e. The number of nitrogens with zero attached hydrogens (tertiary/aromatic N) is 2. The maximum Gasteiger partial charge on any atom is 0.357 e. The number of carbonyl (C=O) groups is 1. The molecule has 0 N–H and O–H groups in total. The van der Waals surface area contributed by atoms with Gasteiger partial charge in [-0.15, -0.1) is 0 Å². The van der Waals surface area contributed by atoms with Gasteiger partial charge in [0.25, 0.3) is 0 Å². The highest BCUT2D eigenvalue weighted by Gasteiger charge is 2.19. The Morgan fingerprint density at radius 2 is 2.36 bits per heavy atom. The summed E-state index contributed by atoms with van der Waals surface area (Å²) in [6.45, 7) is 6.14. The second kappa shape index (κ2) is 4.77. The third-order valence-electron chi connectivity index (χ3n) is 1.71. The van der Waals surface area contributed by atoms with Crippen molar-refractivity contribution in [3.05, 3.63) is 15.5 Å². The molecule has 0 radical (unpaired) electrons. The molecule has 0 amide bonds. The fourth-order valence-corrected chi connectivity index (χ4v) is 1.72. The number of carbonyl (C=O) groups excluding carboxylic acids is 1. The van der Waals surface area contributed by atoms with Gasteiger partial charge in [0.15, 0.2) is 5.69 Å². The maximum absolute atomic E-state index is 11.6. The lowest BCUT2D eigenvalue weighted by Crippen LogP contribution is -2.15. The maximum atomic E-state index is 11.6. The Labute approximate surface area is 96.8 Å². The Bertz CT molecular complexity index is 334. The van der Waals surface area contributed by atoms with E-state index in [0.29, 0.717) is 12.3 Å². The topological polar surface area (TPSA) is 44.1 Å². The van der Waals surface area contributed by atoms with Gasteiger partial charge in [0.1, 0.15) is 0 Å². The lowest BCUT2D eigenvalue weighted by molar-refractivity contribution is 0.0508. The normalized spacial score (nSPS) is 10.6. The lowest BCUT2D eigenvalue weighted by atomic mass is 10.3. The molecule has 1 aromatic rings. The highest BCUT2D eigenvalue weighted by Crippen LogP contribution is 2.16. The number of esters is 1. The number of aromatic nitrogens is 2. The molecule has 0 aliphatic rings. The van der Waals surface area contributed by atoms with Gasteiger partial charge in [0.2, 0.25) is 0 Å². The standard InChI is InChI=1S/C9H13IN2O2/c1-4-14-9(13)8-7(10)5-11-12(8)6(2)3/h5-6H,4H2,1-3H3. The van der Waals surface area contributed by atoms with Gasteiger partial charge in [-0.1, -0.05) is 0 Å². The quantitative estimate of drug-likeness (QED) is 0.635. The van der Waals surface area contributed by atoms with Crippen LogP contribution in [0.15, 0.2) is 6.20 Å². The molecule has 14 heavy (non-hydrogen) atoms. The van der Waals surface area contributed by atoms with Crippen LogP contribution < -0.4 is 0 Å². The van der Waals surface area contributed by atoms with Crippen LogP contribution in [0.25, 0.3) is 0 Å². The molecule has 0 spiro atoms. The van der Waals surface area contributed by atoms with E-state index in [2.05, 4.69) is 27.7 Å². The molecular weight excluding hydrogens is 295 g/mol. The fourth-order valence-electron chi connectivity index (χ4n) is 1.12. The minimum absolute atomic E-state index is 0.165. The molecule has 78 valence electrons. The zero-order valence-corrected chi connectivity index (χ0v) is 10.6. The first-order valence-electron chi connectivity index (χ1n) is 4.48. The van der Waals surface area contributed by atoms with Gasteiger partial charge in [0.05, 0.1) is 16.4 Å². The molecule has 0 aliphatic carbocycles. The summed E-state index contributed by atoms with van der Waals surface area (Å²) in [5, 5.41) is 4.13. The molecule has 0 unspecified atom stereocenters. The third kappa shape index (κ3) is 2.26. The molecule has 1 heterocycles. The average Bonchev–Trinajstić information content (AvgIpc) is 2.47. The summed E-state index contributed by atoms with van der Waals surface area (Å²) in [4.78, 5) is 11.6. The predicted octanol–water partition coefficient (Wildman–Crippen LogP) is 2.25. The smallest absolute Gasteiger partial charge is 0.357 e. The van der Waals surface area contributed by atoms with Crippen molar-refractivity contribution >= 4 is 28.6 Å². The van der Waals surface area contributed by atoms with Crippen molar-refractivity contribution in [2.75, 3.05) is 6.61 Å². The molecule has 1 rings (SSSR count). The van der Waals surface area contributed by atoms with Crippen LogP contribution in [0.2, 0.25) is 0 Å². The first kappa shape index (κ1) is 11.5. The van der Waals surface area contributed by atoms with Crippen molar-refractivity contribution < 1.29 is 9.53 Å². The van der Waals surface area contributed by atoms with Crippen LogP contribution >= 0.6 is 22.6 Å². The van der Waals surface area contributed by atoms with Crippen LogP contribution in [0.3, 0.4) is 0 Å². The Balaban J connectivity index is 3.04. The summed E-state index contributed by atoms with van der Waals surface area (Å²) >= 11 is 2.09. The van der Waals surface area contributed by atoms with Gasteiger partial charge in [-0.25, -0.2) is 4.79 Å². The zero-order valence-electron chi connectivity index (χ0n) is 8.45. The van der Waals surface area contributed by atoms with Crippen molar-refractivity contribution in [1.29, 1.82) is 0 Å². The third-order valence-corrected chi connectivity index (χ3v) is 2.50. The van der Waals surface area contributed by atoms with Crippen molar-refractivity contribution in [1.82, 2.24) is 9.78 Å². The Kier molecular flexibility index (Phi) is 3.91. The molecule has 0 bridgehead atoms. The Morgan fingerprint density at radius 3 is 2.86 bits per heavy atom. The fraction of sp³-hybridized carbons (Fsp3) is 0.556. The second-order valence-electron chi connectivity index (χ2n) is 3.10. The molecule has 4 nitrogen and oxygen atoms in total. The predicted molar refractivity (Wildman–Crippen MR) is 61.3 cm³/mol. The van der Waals surface area contributed by atoms with Gasteiger partial charge in [-0.05, 0) is 43.4 Å². The first-order chi connectivity index (χ1) is 6.57. The van der Waals surface area contributed by atoms with Gasteiger partial charge >= 0.3 is 5.97 Å².